The lowest BCUT2D eigenvalue weighted by Crippen LogP contribution is -2.48. The van der Waals surface area contributed by atoms with E-state index in [1.54, 1.807) is 0 Å². The highest BCUT2D eigenvalue weighted by Crippen LogP contribution is 2.15. The minimum atomic E-state index is -0.289. The van der Waals surface area contributed by atoms with Gasteiger partial charge in [0.15, 0.2) is 0 Å². The highest BCUT2D eigenvalue weighted by atomic mass is 35.5. The van der Waals surface area contributed by atoms with Crippen LogP contribution >= 0.6 is 23.7 Å². The molecule has 0 spiro atoms. The van der Waals surface area contributed by atoms with E-state index < -0.39 is 0 Å². The van der Waals surface area contributed by atoms with Gasteiger partial charge in [-0.15, -0.1) is 22.6 Å². The quantitative estimate of drug-likeness (QED) is 0.840. The number of nitrogens with one attached hydrogen (secondary N) is 2. The predicted octanol–water partition coefficient (Wildman–Crippen LogP) is 0.449. The molecule has 2 N–H and O–H groups in total. The molecule has 0 saturated carbocycles. The van der Waals surface area contributed by atoms with Crippen molar-refractivity contribution in [2.24, 2.45) is 0 Å². The number of carbonyl (C=O) groups is 1. The van der Waals surface area contributed by atoms with Crippen LogP contribution in [-0.4, -0.2) is 41.9 Å². The van der Waals surface area contributed by atoms with Crippen LogP contribution < -0.4 is 10.6 Å². The number of ether oxygens (including phenoxy) is 1. The van der Waals surface area contributed by atoms with Gasteiger partial charge < -0.3 is 10.1 Å². The van der Waals surface area contributed by atoms with Crippen molar-refractivity contribution in [2.75, 3.05) is 25.1 Å². The summed E-state index contributed by atoms with van der Waals surface area (Å²) in [6.45, 7) is 3.77. The molecule has 0 aromatic carbocycles. The summed E-state index contributed by atoms with van der Waals surface area (Å²) in [5.41, 5.74) is 0. The molecule has 8 heteroatoms. The standard InChI is InChI=1S/C9H14N4O2S.ClH/c1-2-7-12-13-9(16-7)11-8(14)6-5-15-4-3-10-6;/h6,10H,2-5H2,1H3,(H,11,13,14);1H. The number of aryl methyl sites for hydroxylation is 1. The monoisotopic (exact) mass is 278 g/mol. The van der Waals surface area contributed by atoms with Crippen LogP contribution in [0.5, 0.6) is 0 Å². The number of nitrogens with zero attached hydrogens (tertiary/aromatic N) is 2. The van der Waals surface area contributed by atoms with E-state index in [0.29, 0.717) is 24.9 Å². The lowest BCUT2D eigenvalue weighted by Gasteiger charge is -2.22. The topological polar surface area (TPSA) is 76.1 Å². The largest absolute Gasteiger partial charge is 0.378 e. The summed E-state index contributed by atoms with van der Waals surface area (Å²) >= 11 is 1.40. The number of hydrogen-bond acceptors (Lipinski definition) is 6. The van der Waals surface area contributed by atoms with Crippen LogP contribution in [0.25, 0.3) is 0 Å². The first-order valence-electron chi connectivity index (χ1n) is 5.24. The summed E-state index contributed by atoms with van der Waals surface area (Å²) < 4.78 is 5.21. The molecule has 1 aliphatic rings. The zero-order valence-electron chi connectivity index (χ0n) is 9.43. The minimum absolute atomic E-state index is 0. The molecule has 1 unspecified atom stereocenters. The number of rotatable bonds is 3. The Labute approximate surface area is 110 Å². The van der Waals surface area contributed by atoms with Gasteiger partial charge in [0, 0.05) is 6.54 Å². The Morgan fingerprint density at radius 2 is 2.47 bits per heavy atom. The molecule has 2 heterocycles. The van der Waals surface area contributed by atoms with Crippen LogP contribution in [0.3, 0.4) is 0 Å². The van der Waals surface area contributed by atoms with E-state index in [4.69, 9.17) is 4.74 Å². The number of halogens is 1. The van der Waals surface area contributed by atoms with E-state index in [9.17, 15) is 4.79 Å². The van der Waals surface area contributed by atoms with Gasteiger partial charge in [0.25, 0.3) is 0 Å². The molecular weight excluding hydrogens is 264 g/mol. The number of hydrogen-bond donors (Lipinski definition) is 2. The normalized spacial score (nSPS) is 19.5. The predicted molar refractivity (Wildman–Crippen MR) is 67.8 cm³/mol. The molecule has 17 heavy (non-hydrogen) atoms. The van der Waals surface area contributed by atoms with Crippen molar-refractivity contribution < 1.29 is 9.53 Å². The summed E-state index contributed by atoms with van der Waals surface area (Å²) in [5.74, 6) is -0.112. The Hall–Kier alpha value is -0.760. The second kappa shape index (κ2) is 6.85. The van der Waals surface area contributed by atoms with Crippen molar-refractivity contribution in [3.63, 3.8) is 0 Å². The fourth-order valence-corrected chi connectivity index (χ4v) is 2.06. The second-order valence-electron chi connectivity index (χ2n) is 3.43. The van der Waals surface area contributed by atoms with Gasteiger partial charge in [-0.2, -0.15) is 0 Å². The maximum atomic E-state index is 11.8. The molecule has 1 aromatic heterocycles. The summed E-state index contributed by atoms with van der Waals surface area (Å²) in [7, 11) is 0. The highest BCUT2D eigenvalue weighted by Gasteiger charge is 2.22. The first kappa shape index (κ1) is 14.3. The minimum Gasteiger partial charge on any atom is -0.378 e. The van der Waals surface area contributed by atoms with Crippen molar-refractivity contribution >= 4 is 34.8 Å². The average Bonchev–Trinajstić information content (AvgIpc) is 2.78. The molecule has 2 rings (SSSR count). The second-order valence-corrected chi connectivity index (χ2v) is 4.49. The molecule has 1 atom stereocenters. The zero-order chi connectivity index (χ0) is 11.4. The summed E-state index contributed by atoms with van der Waals surface area (Å²) in [6, 6.07) is -0.289. The van der Waals surface area contributed by atoms with E-state index in [0.717, 1.165) is 11.4 Å². The van der Waals surface area contributed by atoms with Gasteiger partial charge in [0.2, 0.25) is 11.0 Å². The molecule has 0 bridgehead atoms. The van der Waals surface area contributed by atoms with Crippen LogP contribution in [0.4, 0.5) is 5.13 Å². The third kappa shape index (κ3) is 3.88. The number of amides is 1. The van der Waals surface area contributed by atoms with Gasteiger partial charge in [0.05, 0.1) is 13.2 Å². The highest BCUT2D eigenvalue weighted by molar-refractivity contribution is 7.15. The molecule has 96 valence electrons. The van der Waals surface area contributed by atoms with Crippen LogP contribution in [0.1, 0.15) is 11.9 Å². The lowest BCUT2D eigenvalue weighted by atomic mass is 10.2. The van der Waals surface area contributed by atoms with E-state index in [2.05, 4.69) is 20.8 Å². The summed E-state index contributed by atoms with van der Waals surface area (Å²) in [4.78, 5) is 11.8. The first-order chi connectivity index (χ1) is 7.79. The van der Waals surface area contributed by atoms with Gasteiger partial charge in [0.1, 0.15) is 11.0 Å². The van der Waals surface area contributed by atoms with Crippen LogP contribution in [0.2, 0.25) is 0 Å². The molecule has 1 aromatic rings. The third-order valence-corrected chi connectivity index (χ3v) is 3.22. The Kier molecular flexibility index (Phi) is 5.76. The molecule has 6 nitrogen and oxygen atoms in total. The number of carbonyl (C=O) groups excluding carboxylic acids is 1. The van der Waals surface area contributed by atoms with E-state index in [-0.39, 0.29) is 24.4 Å². The Bertz CT molecular complexity index is 368. The molecule has 0 radical (unpaired) electrons. The average molecular weight is 279 g/mol. The van der Waals surface area contributed by atoms with Crippen molar-refractivity contribution in [1.29, 1.82) is 0 Å². The zero-order valence-corrected chi connectivity index (χ0v) is 11.1. The van der Waals surface area contributed by atoms with Gasteiger partial charge in [-0.05, 0) is 6.42 Å². The summed E-state index contributed by atoms with van der Waals surface area (Å²) in [5, 5.41) is 15.1. The number of morpholine rings is 1. The lowest BCUT2D eigenvalue weighted by molar-refractivity contribution is -0.120. The smallest absolute Gasteiger partial charge is 0.245 e. The molecule has 1 saturated heterocycles. The van der Waals surface area contributed by atoms with Gasteiger partial charge in [-0.25, -0.2) is 0 Å². The van der Waals surface area contributed by atoms with Crippen LogP contribution in [-0.2, 0) is 16.0 Å². The van der Waals surface area contributed by atoms with Gasteiger partial charge in [-0.3, -0.25) is 10.1 Å². The van der Waals surface area contributed by atoms with E-state index >= 15 is 0 Å². The Morgan fingerprint density at radius 1 is 1.65 bits per heavy atom. The van der Waals surface area contributed by atoms with Crippen LogP contribution in [0, 0.1) is 0 Å². The van der Waals surface area contributed by atoms with Gasteiger partial charge in [-0.1, -0.05) is 18.3 Å². The van der Waals surface area contributed by atoms with Crippen LogP contribution in [0.15, 0.2) is 0 Å². The van der Waals surface area contributed by atoms with Crippen molar-refractivity contribution in [3.8, 4) is 0 Å². The fourth-order valence-electron chi connectivity index (χ4n) is 1.37. The Morgan fingerprint density at radius 3 is 3.06 bits per heavy atom. The Balaban J connectivity index is 0.00000144. The van der Waals surface area contributed by atoms with E-state index in [1.165, 1.54) is 11.3 Å². The molecule has 1 aliphatic heterocycles. The number of anilines is 1. The van der Waals surface area contributed by atoms with Crippen molar-refractivity contribution in [3.05, 3.63) is 5.01 Å². The first-order valence-corrected chi connectivity index (χ1v) is 6.05. The van der Waals surface area contributed by atoms with Crippen molar-refractivity contribution in [2.45, 2.75) is 19.4 Å². The SMILES string of the molecule is CCc1nnc(NC(=O)C2COCCN2)s1.Cl. The molecule has 1 amide bonds. The van der Waals surface area contributed by atoms with Gasteiger partial charge >= 0.3 is 0 Å². The fraction of sp³-hybridized carbons (Fsp3) is 0.667. The maximum Gasteiger partial charge on any atom is 0.245 e. The summed E-state index contributed by atoms with van der Waals surface area (Å²) in [6.07, 6.45) is 0.832. The van der Waals surface area contributed by atoms with Crippen molar-refractivity contribution in [1.82, 2.24) is 15.5 Å². The molecule has 1 fully saturated rings. The molecular formula is C9H15ClN4O2S. The van der Waals surface area contributed by atoms with E-state index in [1.807, 2.05) is 6.92 Å². The third-order valence-electron chi connectivity index (χ3n) is 2.24. The maximum absolute atomic E-state index is 11.8. The number of aromatic nitrogens is 2. The molecule has 0 aliphatic carbocycles.